The first kappa shape index (κ1) is 18.9. The van der Waals surface area contributed by atoms with Gasteiger partial charge in [0.1, 0.15) is 12.1 Å². The molecular formula is C15H21ClN4O3. The minimum Gasteiger partial charge on any atom is -0.353 e. The molecule has 1 saturated heterocycles. The molecule has 4 amide bonds. The highest BCUT2D eigenvalue weighted by atomic mass is 35.5. The molecule has 4 N–H and O–H groups in total. The van der Waals surface area contributed by atoms with Gasteiger partial charge in [0.25, 0.3) is 5.91 Å². The van der Waals surface area contributed by atoms with Gasteiger partial charge in [-0.15, -0.1) is 12.4 Å². The smallest absolute Gasteiger partial charge is 0.325 e. The second kappa shape index (κ2) is 7.43. The Bertz CT molecular complexity index is 605. The average molecular weight is 341 g/mol. The van der Waals surface area contributed by atoms with E-state index in [-0.39, 0.29) is 19.0 Å². The van der Waals surface area contributed by atoms with Crippen molar-refractivity contribution < 1.29 is 14.4 Å². The minimum atomic E-state index is -1.15. The number of amides is 4. The van der Waals surface area contributed by atoms with Crippen molar-refractivity contribution in [3.05, 3.63) is 35.4 Å². The molecule has 1 fully saturated rings. The molecule has 126 valence electrons. The van der Waals surface area contributed by atoms with Gasteiger partial charge in [0.2, 0.25) is 5.91 Å². The Hall–Kier alpha value is -2.12. The molecule has 7 nitrogen and oxygen atoms in total. The standard InChI is InChI=1S/C15H20N4O3.ClH/c1-10-3-5-11(6-4-10)15(2)13(21)19(14(22)18-15)9-12(20)17-8-7-16;/h3-6H,7-9,16H2,1-2H3,(H,17,20)(H,18,22);1H. The highest BCUT2D eigenvalue weighted by Gasteiger charge is 2.49. The number of carbonyl (C=O) groups is 3. The van der Waals surface area contributed by atoms with Crippen molar-refractivity contribution in [3.63, 3.8) is 0 Å². The highest BCUT2D eigenvalue weighted by molar-refractivity contribution is 6.09. The Morgan fingerprint density at radius 3 is 2.48 bits per heavy atom. The quantitative estimate of drug-likeness (QED) is 0.669. The molecule has 1 aromatic rings. The lowest BCUT2D eigenvalue weighted by Crippen LogP contribution is -2.43. The van der Waals surface area contributed by atoms with Crippen molar-refractivity contribution in [1.82, 2.24) is 15.5 Å². The van der Waals surface area contributed by atoms with Gasteiger partial charge in [-0.2, -0.15) is 0 Å². The van der Waals surface area contributed by atoms with Crippen LogP contribution in [0.3, 0.4) is 0 Å². The average Bonchev–Trinajstić information content (AvgIpc) is 2.70. The molecule has 0 radical (unpaired) electrons. The number of urea groups is 1. The van der Waals surface area contributed by atoms with E-state index >= 15 is 0 Å². The molecule has 0 spiro atoms. The number of halogens is 1. The first-order valence-corrected chi connectivity index (χ1v) is 7.06. The summed E-state index contributed by atoms with van der Waals surface area (Å²) in [7, 11) is 0. The fraction of sp³-hybridized carbons (Fsp3) is 0.400. The summed E-state index contributed by atoms with van der Waals surface area (Å²) in [6, 6.07) is 6.76. The number of benzene rings is 1. The Morgan fingerprint density at radius 2 is 1.91 bits per heavy atom. The number of nitrogens with zero attached hydrogens (tertiary/aromatic N) is 1. The monoisotopic (exact) mass is 340 g/mol. The molecular weight excluding hydrogens is 320 g/mol. The fourth-order valence-electron chi connectivity index (χ4n) is 2.33. The van der Waals surface area contributed by atoms with Crippen LogP contribution in [0.4, 0.5) is 4.79 Å². The van der Waals surface area contributed by atoms with Gasteiger partial charge < -0.3 is 16.4 Å². The second-order valence-corrected chi connectivity index (χ2v) is 5.45. The third kappa shape index (κ3) is 3.80. The summed E-state index contributed by atoms with van der Waals surface area (Å²) in [6.45, 7) is 3.86. The third-order valence-corrected chi connectivity index (χ3v) is 3.67. The van der Waals surface area contributed by atoms with Crippen LogP contribution in [0.5, 0.6) is 0 Å². The van der Waals surface area contributed by atoms with Crippen LogP contribution in [0.15, 0.2) is 24.3 Å². The maximum atomic E-state index is 12.6. The van der Waals surface area contributed by atoms with E-state index in [1.807, 2.05) is 19.1 Å². The Balaban J connectivity index is 0.00000264. The van der Waals surface area contributed by atoms with E-state index in [1.54, 1.807) is 19.1 Å². The van der Waals surface area contributed by atoms with Crippen LogP contribution in [0, 0.1) is 6.92 Å². The van der Waals surface area contributed by atoms with Gasteiger partial charge in [-0.3, -0.25) is 14.5 Å². The molecule has 0 aliphatic carbocycles. The lowest BCUT2D eigenvalue weighted by Gasteiger charge is -2.22. The predicted molar refractivity (Wildman–Crippen MR) is 88.1 cm³/mol. The van der Waals surface area contributed by atoms with E-state index in [0.717, 1.165) is 10.5 Å². The predicted octanol–water partition coefficient (Wildman–Crippen LogP) is 0.259. The molecule has 8 heteroatoms. The zero-order valence-corrected chi connectivity index (χ0v) is 13.9. The van der Waals surface area contributed by atoms with Crippen molar-refractivity contribution in [1.29, 1.82) is 0 Å². The highest BCUT2D eigenvalue weighted by Crippen LogP contribution is 2.28. The number of hydrogen-bond donors (Lipinski definition) is 3. The van der Waals surface area contributed by atoms with E-state index in [0.29, 0.717) is 18.7 Å². The van der Waals surface area contributed by atoms with Crippen LogP contribution >= 0.6 is 12.4 Å². The lowest BCUT2D eigenvalue weighted by molar-refractivity contribution is -0.134. The van der Waals surface area contributed by atoms with Gasteiger partial charge >= 0.3 is 6.03 Å². The summed E-state index contributed by atoms with van der Waals surface area (Å²) in [6.07, 6.45) is 0. The number of nitrogens with one attached hydrogen (secondary N) is 2. The first-order chi connectivity index (χ1) is 10.4. The molecule has 1 aliphatic rings. The summed E-state index contributed by atoms with van der Waals surface area (Å²) in [5.74, 6) is -0.855. The van der Waals surface area contributed by atoms with Gasteiger partial charge in [-0.1, -0.05) is 29.8 Å². The van der Waals surface area contributed by atoms with Crippen LogP contribution in [-0.4, -0.2) is 42.4 Å². The second-order valence-electron chi connectivity index (χ2n) is 5.45. The number of rotatable bonds is 5. The Kier molecular flexibility index (Phi) is 6.12. The topological polar surface area (TPSA) is 105 Å². The zero-order chi connectivity index (χ0) is 16.3. The van der Waals surface area contributed by atoms with E-state index < -0.39 is 23.4 Å². The Labute approximate surface area is 141 Å². The molecule has 0 aromatic heterocycles. The van der Waals surface area contributed by atoms with E-state index in [1.165, 1.54) is 0 Å². The van der Waals surface area contributed by atoms with Crippen LogP contribution < -0.4 is 16.4 Å². The van der Waals surface area contributed by atoms with E-state index in [9.17, 15) is 14.4 Å². The SMILES string of the molecule is Cc1ccc(C2(C)NC(=O)N(CC(=O)NCCN)C2=O)cc1.Cl. The van der Waals surface area contributed by atoms with E-state index in [2.05, 4.69) is 10.6 Å². The van der Waals surface area contributed by atoms with Gasteiger partial charge in [-0.05, 0) is 19.4 Å². The van der Waals surface area contributed by atoms with Crippen LogP contribution in [-0.2, 0) is 15.1 Å². The van der Waals surface area contributed by atoms with Gasteiger partial charge in [0.05, 0.1) is 0 Å². The summed E-state index contributed by atoms with van der Waals surface area (Å²) >= 11 is 0. The fourth-order valence-corrected chi connectivity index (χ4v) is 2.33. The maximum absolute atomic E-state index is 12.6. The third-order valence-electron chi connectivity index (χ3n) is 3.67. The van der Waals surface area contributed by atoms with Gasteiger partial charge in [-0.25, -0.2) is 4.79 Å². The van der Waals surface area contributed by atoms with Crippen molar-refractivity contribution >= 4 is 30.3 Å². The number of hydrogen-bond acceptors (Lipinski definition) is 4. The lowest BCUT2D eigenvalue weighted by atomic mass is 9.91. The number of aryl methyl sites for hydroxylation is 1. The molecule has 2 rings (SSSR count). The van der Waals surface area contributed by atoms with Crippen molar-refractivity contribution in [2.75, 3.05) is 19.6 Å². The Morgan fingerprint density at radius 1 is 1.30 bits per heavy atom. The molecule has 23 heavy (non-hydrogen) atoms. The zero-order valence-electron chi connectivity index (χ0n) is 13.1. The molecule has 1 aliphatic heterocycles. The summed E-state index contributed by atoms with van der Waals surface area (Å²) in [5, 5.41) is 5.20. The number of imide groups is 1. The van der Waals surface area contributed by atoms with Crippen molar-refractivity contribution in [2.24, 2.45) is 5.73 Å². The molecule has 1 atom stereocenters. The van der Waals surface area contributed by atoms with Crippen LogP contribution in [0.1, 0.15) is 18.1 Å². The summed E-state index contributed by atoms with van der Waals surface area (Å²) in [4.78, 5) is 37.2. The number of nitrogens with two attached hydrogens (primary N) is 1. The van der Waals surface area contributed by atoms with Gasteiger partial charge in [0.15, 0.2) is 0 Å². The molecule has 1 aromatic carbocycles. The van der Waals surface area contributed by atoms with Crippen molar-refractivity contribution in [2.45, 2.75) is 19.4 Å². The largest absolute Gasteiger partial charge is 0.353 e. The van der Waals surface area contributed by atoms with Crippen LogP contribution in [0.25, 0.3) is 0 Å². The molecule has 0 saturated carbocycles. The molecule has 1 unspecified atom stereocenters. The minimum absolute atomic E-state index is 0. The van der Waals surface area contributed by atoms with Crippen molar-refractivity contribution in [3.8, 4) is 0 Å². The van der Waals surface area contributed by atoms with Crippen LogP contribution in [0.2, 0.25) is 0 Å². The molecule has 0 bridgehead atoms. The van der Waals surface area contributed by atoms with Gasteiger partial charge in [0, 0.05) is 13.1 Å². The summed E-state index contributed by atoms with van der Waals surface area (Å²) < 4.78 is 0. The number of carbonyl (C=O) groups excluding carboxylic acids is 3. The van der Waals surface area contributed by atoms with E-state index in [4.69, 9.17) is 5.73 Å². The normalized spacial score (nSPS) is 20.0. The maximum Gasteiger partial charge on any atom is 0.325 e. The summed E-state index contributed by atoms with van der Waals surface area (Å²) in [5.41, 5.74) is 5.88. The first-order valence-electron chi connectivity index (χ1n) is 7.06. The molecule has 1 heterocycles.